The highest BCUT2D eigenvalue weighted by Gasteiger charge is 2.28. The van der Waals surface area contributed by atoms with Gasteiger partial charge in [0.05, 0.1) is 12.6 Å². The number of tetrazole rings is 1. The summed E-state index contributed by atoms with van der Waals surface area (Å²) in [6, 6.07) is 13.2. The Balaban J connectivity index is 1.44. The number of aromatic nitrogens is 4. The Morgan fingerprint density at radius 2 is 1.52 bits per heavy atom. The van der Waals surface area contributed by atoms with Crippen LogP contribution in [-0.4, -0.2) is 51.3 Å². The first-order valence-electron chi connectivity index (χ1n) is 9.89. The van der Waals surface area contributed by atoms with Crippen molar-refractivity contribution in [3.05, 3.63) is 71.6 Å². The lowest BCUT2D eigenvalue weighted by atomic mass is 10.1. The van der Waals surface area contributed by atoms with Crippen LogP contribution in [0.25, 0.3) is 0 Å². The number of hydrogen-bond acceptors (Lipinski definition) is 5. The van der Waals surface area contributed by atoms with Gasteiger partial charge in [-0.15, -0.1) is 5.10 Å². The van der Waals surface area contributed by atoms with E-state index in [9.17, 15) is 8.78 Å². The summed E-state index contributed by atoms with van der Waals surface area (Å²) in [6.07, 6.45) is 0.889. The zero-order valence-corrected chi connectivity index (χ0v) is 16.4. The second kappa shape index (κ2) is 8.65. The molecule has 1 atom stereocenters. The molecule has 3 aromatic rings. The summed E-state index contributed by atoms with van der Waals surface area (Å²) in [5.74, 6) is 0.356. The van der Waals surface area contributed by atoms with Crippen molar-refractivity contribution < 1.29 is 8.78 Å². The Kier molecular flexibility index (Phi) is 5.80. The summed E-state index contributed by atoms with van der Waals surface area (Å²) < 4.78 is 28.1. The van der Waals surface area contributed by atoms with E-state index in [0.717, 1.165) is 49.7 Å². The SMILES string of the molecule is CCC(c1nnnn1Cc1ccc(F)cc1)N1CCN(c2ccc(F)cc2)CC1. The Bertz CT molecular complexity index is 917. The minimum absolute atomic E-state index is 0.112. The van der Waals surface area contributed by atoms with Crippen LogP contribution in [0.5, 0.6) is 0 Å². The highest BCUT2D eigenvalue weighted by molar-refractivity contribution is 5.46. The molecular weight excluding hydrogens is 374 g/mol. The number of anilines is 1. The maximum absolute atomic E-state index is 13.2. The third-order valence-corrected chi connectivity index (χ3v) is 5.44. The van der Waals surface area contributed by atoms with E-state index in [1.807, 2.05) is 12.1 Å². The number of hydrogen-bond donors (Lipinski definition) is 0. The van der Waals surface area contributed by atoms with Crippen LogP contribution in [0.4, 0.5) is 14.5 Å². The topological polar surface area (TPSA) is 50.1 Å². The standard InChI is InChI=1S/C21H24F2N6/c1-2-20(21-24-25-26-29(21)15-16-3-5-17(22)6-4-16)28-13-11-27(12-14-28)19-9-7-18(23)8-10-19/h3-10,20H,2,11-15H2,1H3. The van der Waals surface area contributed by atoms with Gasteiger partial charge in [-0.25, -0.2) is 13.5 Å². The molecule has 0 N–H and O–H groups in total. The molecule has 1 aliphatic rings. The van der Waals surface area contributed by atoms with Gasteiger partial charge in [-0.05, 0) is 58.8 Å². The lowest BCUT2D eigenvalue weighted by Crippen LogP contribution is -2.48. The highest BCUT2D eigenvalue weighted by atomic mass is 19.1. The second-order valence-corrected chi connectivity index (χ2v) is 7.24. The quantitative estimate of drug-likeness (QED) is 0.638. The monoisotopic (exact) mass is 398 g/mol. The van der Waals surface area contributed by atoms with E-state index >= 15 is 0 Å². The van der Waals surface area contributed by atoms with Gasteiger partial charge in [0, 0.05) is 31.9 Å². The number of piperazine rings is 1. The van der Waals surface area contributed by atoms with E-state index in [4.69, 9.17) is 0 Å². The molecule has 2 heterocycles. The van der Waals surface area contributed by atoms with E-state index in [1.54, 1.807) is 16.8 Å². The molecule has 0 aliphatic carbocycles. The van der Waals surface area contributed by atoms with Crippen LogP contribution in [0.1, 0.15) is 30.8 Å². The first kappa shape index (κ1) is 19.4. The van der Waals surface area contributed by atoms with Gasteiger partial charge in [0.1, 0.15) is 11.6 Å². The van der Waals surface area contributed by atoms with E-state index in [0.29, 0.717) is 6.54 Å². The van der Waals surface area contributed by atoms with E-state index in [2.05, 4.69) is 32.2 Å². The summed E-state index contributed by atoms with van der Waals surface area (Å²) in [4.78, 5) is 4.66. The summed E-state index contributed by atoms with van der Waals surface area (Å²) >= 11 is 0. The summed E-state index contributed by atoms with van der Waals surface area (Å²) in [7, 11) is 0. The molecule has 0 spiro atoms. The zero-order valence-electron chi connectivity index (χ0n) is 16.4. The molecule has 8 heteroatoms. The Labute approximate surface area is 168 Å². The maximum atomic E-state index is 13.2. The van der Waals surface area contributed by atoms with E-state index in [-0.39, 0.29) is 17.7 Å². The molecule has 1 aliphatic heterocycles. The van der Waals surface area contributed by atoms with Crippen molar-refractivity contribution in [3.8, 4) is 0 Å². The van der Waals surface area contributed by atoms with Crippen LogP contribution in [-0.2, 0) is 6.54 Å². The molecular formula is C21H24F2N6. The normalized spacial score (nSPS) is 16.2. The molecule has 0 radical (unpaired) electrons. The van der Waals surface area contributed by atoms with E-state index < -0.39 is 0 Å². The average molecular weight is 398 g/mol. The minimum atomic E-state index is -0.254. The number of halogens is 2. The second-order valence-electron chi connectivity index (χ2n) is 7.24. The van der Waals surface area contributed by atoms with Gasteiger partial charge >= 0.3 is 0 Å². The van der Waals surface area contributed by atoms with Crippen LogP contribution in [0.15, 0.2) is 48.5 Å². The van der Waals surface area contributed by atoms with Gasteiger partial charge in [0.2, 0.25) is 0 Å². The lowest BCUT2D eigenvalue weighted by Gasteiger charge is -2.39. The van der Waals surface area contributed by atoms with Gasteiger partial charge < -0.3 is 4.90 Å². The predicted molar refractivity (Wildman–Crippen MR) is 107 cm³/mol. The molecule has 1 aromatic heterocycles. The van der Waals surface area contributed by atoms with Gasteiger partial charge in [-0.1, -0.05) is 19.1 Å². The van der Waals surface area contributed by atoms with Crippen molar-refractivity contribution in [2.45, 2.75) is 25.9 Å². The van der Waals surface area contributed by atoms with Crippen molar-refractivity contribution in [2.24, 2.45) is 0 Å². The molecule has 0 bridgehead atoms. The largest absolute Gasteiger partial charge is 0.369 e. The first-order chi connectivity index (χ1) is 14.1. The Hall–Kier alpha value is -2.87. The van der Waals surface area contributed by atoms with Crippen LogP contribution in [0, 0.1) is 11.6 Å². The summed E-state index contributed by atoms with van der Waals surface area (Å²) in [6.45, 7) is 6.12. The first-order valence-corrected chi connectivity index (χ1v) is 9.89. The molecule has 29 heavy (non-hydrogen) atoms. The number of benzene rings is 2. The fraction of sp³-hybridized carbons (Fsp3) is 0.381. The number of nitrogens with zero attached hydrogens (tertiary/aromatic N) is 6. The lowest BCUT2D eigenvalue weighted by molar-refractivity contribution is 0.169. The molecule has 0 amide bonds. The van der Waals surface area contributed by atoms with Crippen LogP contribution in [0.2, 0.25) is 0 Å². The van der Waals surface area contributed by atoms with Crippen LogP contribution < -0.4 is 4.90 Å². The molecule has 2 aromatic carbocycles. The Morgan fingerprint density at radius 3 is 2.14 bits per heavy atom. The molecule has 4 rings (SSSR count). The fourth-order valence-corrected chi connectivity index (χ4v) is 3.87. The third-order valence-electron chi connectivity index (χ3n) is 5.44. The fourth-order valence-electron chi connectivity index (χ4n) is 3.87. The summed E-state index contributed by atoms with van der Waals surface area (Å²) in [5.41, 5.74) is 2.00. The minimum Gasteiger partial charge on any atom is -0.369 e. The van der Waals surface area contributed by atoms with Crippen LogP contribution in [0.3, 0.4) is 0 Å². The average Bonchev–Trinajstić information content (AvgIpc) is 3.19. The molecule has 1 fully saturated rings. The smallest absolute Gasteiger partial charge is 0.168 e. The molecule has 6 nitrogen and oxygen atoms in total. The van der Waals surface area contributed by atoms with Gasteiger partial charge in [-0.3, -0.25) is 4.90 Å². The van der Waals surface area contributed by atoms with Crippen molar-refractivity contribution in [2.75, 3.05) is 31.1 Å². The zero-order chi connectivity index (χ0) is 20.2. The number of rotatable bonds is 6. The van der Waals surface area contributed by atoms with Gasteiger partial charge in [0.25, 0.3) is 0 Å². The van der Waals surface area contributed by atoms with E-state index in [1.165, 1.54) is 24.3 Å². The highest BCUT2D eigenvalue weighted by Crippen LogP contribution is 2.25. The molecule has 1 unspecified atom stereocenters. The molecule has 0 saturated carbocycles. The summed E-state index contributed by atoms with van der Waals surface area (Å²) in [5, 5.41) is 12.3. The van der Waals surface area contributed by atoms with Crippen molar-refractivity contribution in [1.29, 1.82) is 0 Å². The maximum Gasteiger partial charge on any atom is 0.168 e. The van der Waals surface area contributed by atoms with Gasteiger partial charge in [0.15, 0.2) is 5.82 Å². The van der Waals surface area contributed by atoms with Crippen LogP contribution >= 0.6 is 0 Å². The van der Waals surface area contributed by atoms with Crippen molar-refractivity contribution in [3.63, 3.8) is 0 Å². The molecule has 1 saturated heterocycles. The van der Waals surface area contributed by atoms with Crippen molar-refractivity contribution >= 4 is 5.69 Å². The van der Waals surface area contributed by atoms with Crippen molar-refractivity contribution in [1.82, 2.24) is 25.1 Å². The van der Waals surface area contributed by atoms with Gasteiger partial charge in [-0.2, -0.15) is 0 Å². The third kappa shape index (κ3) is 4.42. The Morgan fingerprint density at radius 1 is 0.897 bits per heavy atom. The molecule has 152 valence electrons. The predicted octanol–water partition coefficient (Wildman–Crippen LogP) is 3.27.